The Labute approximate surface area is 178 Å². The molecule has 3 aromatic heterocycles. The molecule has 1 N–H and O–H groups in total. The number of nitrogens with one attached hydrogen (secondary N) is 1. The molecule has 12 heteroatoms. The molecule has 0 bridgehead atoms. The molecule has 0 atom stereocenters. The van der Waals surface area contributed by atoms with Gasteiger partial charge >= 0.3 is 6.18 Å². The highest BCUT2D eigenvalue weighted by Gasteiger charge is 2.33. The maximum Gasteiger partial charge on any atom is 0.417 e. The molecule has 0 saturated carbocycles. The third-order valence-electron chi connectivity index (χ3n) is 4.40. The van der Waals surface area contributed by atoms with Crippen LogP contribution in [0.4, 0.5) is 22.0 Å². The molecule has 1 aromatic carbocycles. The Morgan fingerprint density at radius 2 is 1.94 bits per heavy atom. The van der Waals surface area contributed by atoms with E-state index in [1.165, 1.54) is 23.1 Å². The first-order valence-electron chi connectivity index (χ1n) is 8.70. The number of halogens is 6. The Hall–Kier alpha value is -3.15. The molecule has 31 heavy (non-hydrogen) atoms. The predicted octanol–water partition coefficient (Wildman–Crippen LogP) is 4.81. The minimum atomic E-state index is -4.61. The zero-order valence-corrected chi connectivity index (χ0v) is 16.9. The van der Waals surface area contributed by atoms with Gasteiger partial charge in [-0.05, 0) is 29.8 Å². The van der Waals surface area contributed by atoms with Gasteiger partial charge in [-0.25, -0.2) is 23.4 Å². The van der Waals surface area contributed by atoms with Gasteiger partial charge in [0, 0.05) is 23.3 Å². The molecule has 3 heterocycles. The standard InChI is InChI=1S/C19H11BrF5N5O/c20-12-7-14-10(6-11(12)19(23,24)25)18(31)28-15(27-14)5-9-1-2-16(26-8-9)30-4-3-13(29-30)17(21)22/h1-4,6-8,17H,5H2,(H,27,28,31). The van der Waals surface area contributed by atoms with E-state index in [-0.39, 0.29) is 33.3 Å². The van der Waals surface area contributed by atoms with Crippen LogP contribution in [0.3, 0.4) is 0 Å². The number of rotatable bonds is 4. The minimum absolute atomic E-state index is 0.110. The number of benzene rings is 1. The molecule has 0 unspecified atom stereocenters. The molecule has 0 aliphatic carbocycles. The molecule has 0 radical (unpaired) electrons. The van der Waals surface area contributed by atoms with Crippen LogP contribution in [0.2, 0.25) is 0 Å². The second kappa shape index (κ2) is 7.84. The van der Waals surface area contributed by atoms with E-state index in [1.807, 2.05) is 0 Å². The molecule has 160 valence electrons. The summed E-state index contributed by atoms with van der Waals surface area (Å²) in [6.07, 6.45) is -4.33. The molecule has 0 saturated heterocycles. The van der Waals surface area contributed by atoms with Crippen LogP contribution >= 0.6 is 15.9 Å². The smallest absolute Gasteiger partial charge is 0.310 e. The van der Waals surface area contributed by atoms with E-state index in [0.29, 0.717) is 11.4 Å². The third-order valence-corrected chi connectivity index (χ3v) is 5.05. The molecule has 6 nitrogen and oxygen atoms in total. The summed E-state index contributed by atoms with van der Waals surface area (Å²) in [5, 5.41) is 3.55. The number of aromatic nitrogens is 5. The first-order chi connectivity index (χ1) is 14.6. The van der Waals surface area contributed by atoms with Crippen molar-refractivity contribution in [3.8, 4) is 5.82 Å². The lowest BCUT2D eigenvalue weighted by Crippen LogP contribution is -2.14. The van der Waals surface area contributed by atoms with Crippen LogP contribution in [0.15, 0.2) is 52.0 Å². The molecule has 0 aliphatic rings. The van der Waals surface area contributed by atoms with Gasteiger partial charge in [-0.2, -0.15) is 18.3 Å². The second-order valence-corrected chi connectivity index (χ2v) is 7.40. The summed E-state index contributed by atoms with van der Waals surface area (Å²) in [5.74, 6) is 0.553. The molecular weight excluding hydrogens is 489 g/mol. The van der Waals surface area contributed by atoms with Gasteiger partial charge in [-0.3, -0.25) is 4.79 Å². The normalized spacial score (nSPS) is 12.1. The van der Waals surface area contributed by atoms with E-state index in [0.717, 1.165) is 12.1 Å². The summed E-state index contributed by atoms with van der Waals surface area (Å²) < 4.78 is 65.5. The van der Waals surface area contributed by atoms with E-state index in [2.05, 4.69) is 36.0 Å². The average Bonchev–Trinajstić information content (AvgIpc) is 3.18. The van der Waals surface area contributed by atoms with Crippen LogP contribution < -0.4 is 5.56 Å². The fourth-order valence-electron chi connectivity index (χ4n) is 2.94. The van der Waals surface area contributed by atoms with Crippen molar-refractivity contribution in [3.05, 3.63) is 80.2 Å². The highest BCUT2D eigenvalue weighted by molar-refractivity contribution is 9.10. The lowest BCUT2D eigenvalue weighted by Gasteiger charge is -2.10. The average molecular weight is 500 g/mol. The van der Waals surface area contributed by atoms with E-state index in [4.69, 9.17) is 0 Å². The van der Waals surface area contributed by atoms with Crippen LogP contribution in [-0.2, 0) is 12.6 Å². The largest absolute Gasteiger partial charge is 0.417 e. The molecule has 0 spiro atoms. The van der Waals surface area contributed by atoms with Crippen molar-refractivity contribution in [1.29, 1.82) is 0 Å². The summed E-state index contributed by atoms with van der Waals surface area (Å²) >= 11 is 2.87. The SMILES string of the molecule is O=c1[nH]c(Cc2ccc(-n3ccc(C(F)F)n3)nc2)nc2cc(Br)c(C(F)(F)F)cc12. The first-order valence-corrected chi connectivity index (χ1v) is 9.50. The minimum Gasteiger partial charge on any atom is -0.310 e. The van der Waals surface area contributed by atoms with Gasteiger partial charge in [0.25, 0.3) is 12.0 Å². The van der Waals surface area contributed by atoms with Gasteiger partial charge in [0.2, 0.25) is 0 Å². The maximum absolute atomic E-state index is 13.1. The summed E-state index contributed by atoms with van der Waals surface area (Å²) in [6, 6.07) is 6.30. The lowest BCUT2D eigenvalue weighted by molar-refractivity contribution is -0.138. The summed E-state index contributed by atoms with van der Waals surface area (Å²) in [4.78, 5) is 23.2. The van der Waals surface area contributed by atoms with Crippen molar-refractivity contribution in [2.45, 2.75) is 19.0 Å². The third kappa shape index (κ3) is 4.33. The number of H-pyrrole nitrogens is 1. The fraction of sp³-hybridized carbons (Fsp3) is 0.158. The fourth-order valence-corrected chi connectivity index (χ4v) is 3.50. The Morgan fingerprint density at radius 1 is 1.16 bits per heavy atom. The molecular formula is C19H11BrF5N5O. The number of pyridine rings is 1. The summed E-state index contributed by atoms with van der Waals surface area (Å²) in [6.45, 7) is 0. The number of hydrogen-bond acceptors (Lipinski definition) is 4. The Balaban J connectivity index is 1.61. The summed E-state index contributed by atoms with van der Waals surface area (Å²) in [7, 11) is 0. The van der Waals surface area contributed by atoms with Gasteiger partial charge in [0.15, 0.2) is 5.82 Å². The maximum atomic E-state index is 13.1. The van der Waals surface area contributed by atoms with Crippen LogP contribution in [0.25, 0.3) is 16.7 Å². The molecule has 0 aliphatic heterocycles. The monoisotopic (exact) mass is 499 g/mol. The van der Waals surface area contributed by atoms with Crippen LogP contribution in [0.1, 0.15) is 29.1 Å². The molecule has 4 aromatic rings. The quantitative estimate of drug-likeness (QED) is 0.408. The number of alkyl halides is 5. The van der Waals surface area contributed by atoms with Crippen molar-refractivity contribution in [2.75, 3.05) is 0 Å². The number of nitrogens with zero attached hydrogens (tertiary/aromatic N) is 4. The Bertz CT molecular complexity index is 1310. The molecule has 0 amide bonds. The zero-order chi connectivity index (χ0) is 22.3. The summed E-state index contributed by atoms with van der Waals surface area (Å²) in [5.41, 5.74) is -1.28. The van der Waals surface area contributed by atoms with E-state index in [9.17, 15) is 26.7 Å². The van der Waals surface area contributed by atoms with Crippen molar-refractivity contribution in [3.63, 3.8) is 0 Å². The topological polar surface area (TPSA) is 76.5 Å². The van der Waals surface area contributed by atoms with Gasteiger partial charge in [-0.1, -0.05) is 22.0 Å². The number of aromatic amines is 1. The van der Waals surface area contributed by atoms with E-state index < -0.39 is 23.7 Å². The van der Waals surface area contributed by atoms with E-state index >= 15 is 0 Å². The van der Waals surface area contributed by atoms with Gasteiger partial charge in [0.1, 0.15) is 11.5 Å². The first kappa shape index (κ1) is 21.1. The molecule has 0 fully saturated rings. The zero-order valence-electron chi connectivity index (χ0n) is 15.3. The van der Waals surface area contributed by atoms with Gasteiger partial charge in [0.05, 0.1) is 16.5 Å². The van der Waals surface area contributed by atoms with Crippen molar-refractivity contribution >= 4 is 26.8 Å². The number of fused-ring (bicyclic) bond motifs is 1. The molecule has 4 rings (SSSR count). The van der Waals surface area contributed by atoms with Crippen molar-refractivity contribution < 1.29 is 22.0 Å². The Morgan fingerprint density at radius 3 is 2.55 bits per heavy atom. The van der Waals surface area contributed by atoms with Crippen molar-refractivity contribution in [1.82, 2.24) is 24.7 Å². The van der Waals surface area contributed by atoms with Crippen molar-refractivity contribution in [2.24, 2.45) is 0 Å². The Kier molecular flexibility index (Phi) is 5.33. The van der Waals surface area contributed by atoms with Crippen LogP contribution in [0, 0.1) is 0 Å². The van der Waals surface area contributed by atoms with Crippen LogP contribution in [0.5, 0.6) is 0 Å². The van der Waals surface area contributed by atoms with Crippen LogP contribution in [-0.4, -0.2) is 24.7 Å². The number of hydrogen-bond donors (Lipinski definition) is 1. The predicted molar refractivity (Wildman–Crippen MR) is 104 cm³/mol. The second-order valence-electron chi connectivity index (χ2n) is 6.55. The van der Waals surface area contributed by atoms with Gasteiger partial charge in [-0.15, -0.1) is 0 Å². The highest BCUT2D eigenvalue weighted by atomic mass is 79.9. The van der Waals surface area contributed by atoms with Gasteiger partial charge < -0.3 is 4.98 Å². The lowest BCUT2D eigenvalue weighted by atomic mass is 10.1. The van der Waals surface area contributed by atoms with E-state index in [1.54, 1.807) is 12.1 Å². The highest BCUT2D eigenvalue weighted by Crippen LogP contribution is 2.36.